The molecule has 3 aromatic rings. The van der Waals surface area contributed by atoms with Gasteiger partial charge in [0.25, 0.3) is 11.8 Å². The molecule has 0 aromatic carbocycles. The second kappa shape index (κ2) is 7.61. The fourth-order valence-electron chi connectivity index (χ4n) is 1.86. The van der Waals surface area contributed by atoms with Gasteiger partial charge in [-0.3, -0.25) is 25.0 Å². The van der Waals surface area contributed by atoms with Gasteiger partial charge in [-0.1, -0.05) is 0 Å². The summed E-state index contributed by atoms with van der Waals surface area (Å²) in [4.78, 5) is 43.3. The Morgan fingerprint density at radius 2 is 2.00 bits per heavy atom. The van der Waals surface area contributed by atoms with Crippen LogP contribution < -0.4 is 16.0 Å². The number of furan rings is 1. The molecule has 3 heterocycles. The Balaban J connectivity index is 1.59. The number of hydrogen-bond acceptors (Lipinski definition) is 8. The summed E-state index contributed by atoms with van der Waals surface area (Å²) in [5.41, 5.74) is 0.499. The predicted molar refractivity (Wildman–Crippen MR) is 91.0 cm³/mol. The van der Waals surface area contributed by atoms with Crippen molar-refractivity contribution in [2.24, 2.45) is 0 Å². The molecule has 134 valence electrons. The Hall–Kier alpha value is -3.47. The first-order valence-electron chi connectivity index (χ1n) is 7.32. The Bertz CT molecular complexity index is 930. The maximum Gasteiger partial charge on any atom is 0.302 e. The van der Waals surface area contributed by atoms with Crippen LogP contribution in [-0.4, -0.2) is 34.7 Å². The third kappa shape index (κ3) is 4.13. The van der Waals surface area contributed by atoms with E-state index in [-0.39, 0.29) is 29.8 Å². The molecule has 0 aliphatic heterocycles. The van der Waals surface area contributed by atoms with Crippen molar-refractivity contribution in [2.75, 3.05) is 17.7 Å². The van der Waals surface area contributed by atoms with Gasteiger partial charge in [-0.05, 0) is 12.1 Å². The van der Waals surface area contributed by atoms with Gasteiger partial charge in [0, 0.05) is 12.4 Å². The summed E-state index contributed by atoms with van der Waals surface area (Å²) >= 11 is 1.18. The zero-order chi connectivity index (χ0) is 18.5. The van der Waals surface area contributed by atoms with Gasteiger partial charge < -0.3 is 14.2 Å². The first kappa shape index (κ1) is 17.4. The molecule has 0 saturated heterocycles. The van der Waals surface area contributed by atoms with Crippen LogP contribution in [0.25, 0.3) is 0 Å². The van der Waals surface area contributed by atoms with Gasteiger partial charge in [-0.25, -0.2) is 4.98 Å². The molecule has 0 aliphatic rings. The van der Waals surface area contributed by atoms with Crippen LogP contribution in [0.2, 0.25) is 0 Å². The lowest BCUT2D eigenvalue weighted by molar-refractivity contribution is -0.120. The van der Waals surface area contributed by atoms with E-state index in [1.54, 1.807) is 11.4 Å². The lowest BCUT2D eigenvalue weighted by atomic mass is 10.3. The fraction of sp³-hybridized carbons (Fsp3) is 0.133. The minimum Gasteiger partial charge on any atom is -0.459 e. The molecule has 0 spiro atoms. The van der Waals surface area contributed by atoms with Crippen molar-refractivity contribution in [2.45, 2.75) is 6.42 Å². The van der Waals surface area contributed by atoms with Crippen molar-refractivity contribution in [3.8, 4) is 0 Å². The molecule has 3 amide bonds. The third-order valence-electron chi connectivity index (χ3n) is 3.09. The number of amides is 3. The van der Waals surface area contributed by atoms with E-state index in [4.69, 9.17) is 8.83 Å². The number of carbonyl (C=O) groups excluding carboxylic acids is 3. The molecule has 3 aromatic heterocycles. The Labute approximate surface area is 150 Å². The molecule has 26 heavy (non-hydrogen) atoms. The summed E-state index contributed by atoms with van der Waals surface area (Å²) in [7, 11) is 1.53. The number of aromatic nitrogens is 2. The minimum absolute atomic E-state index is 0.0391. The molecule has 0 fully saturated rings. The zero-order valence-corrected chi connectivity index (χ0v) is 14.3. The largest absolute Gasteiger partial charge is 0.459 e. The summed E-state index contributed by atoms with van der Waals surface area (Å²) in [5.74, 6) is -1.21. The summed E-state index contributed by atoms with van der Waals surface area (Å²) in [6.07, 6.45) is 2.58. The second-order valence-corrected chi connectivity index (χ2v) is 5.78. The van der Waals surface area contributed by atoms with E-state index in [1.165, 1.54) is 30.7 Å². The van der Waals surface area contributed by atoms with E-state index in [9.17, 15) is 14.4 Å². The number of carbonyl (C=O) groups is 3. The topological polar surface area (TPSA) is 139 Å². The van der Waals surface area contributed by atoms with E-state index >= 15 is 0 Å². The van der Waals surface area contributed by atoms with Crippen molar-refractivity contribution in [3.63, 3.8) is 0 Å². The van der Waals surface area contributed by atoms with Crippen molar-refractivity contribution < 1.29 is 23.2 Å². The van der Waals surface area contributed by atoms with Crippen LogP contribution >= 0.6 is 11.3 Å². The van der Waals surface area contributed by atoms with Gasteiger partial charge in [0.15, 0.2) is 16.6 Å². The molecule has 11 heteroatoms. The molecule has 0 aliphatic carbocycles. The summed E-state index contributed by atoms with van der Waals surface area (Å²) in [5, 5.41) is 9.39. The lowest BCUT2D eigenvalue weighted by Crippen LogP contribution is -2.20. The maximum atomic E-state index is 12.2. The molecule has 0 bridgehead atoms. The molecular weight excluding hydrogens is 362 g/mol. The molecule has 0 atom stereocenters. The highest BCUT2D eigenvalue weighted by Crippen LogP contribution is 2.17. The molecule has 0 saturated carbocycles. The monoisotopic (exact) mass is 375 g/mol. The number of anilines is 2. The highest BCUT2D eigenvalue weighted by molar-refractivity contribution is 7.14. The van der Waals surface area contributed by atoms with Gasteiger partial charge in [0.1, 0.15) is 6.26 Å². The van der Waals surface area contributed by atoms with Crippen LogP contribution in [0.5, 0.6) is 0 Å². The number of nitrogens with one attached hydrogen (secondary N) is 3. The number of rotatable bonds is 6. The maximum absolute atomic E-state index is 12.2. The van der Waals surface area contributed by atoms with E-state index in [0.29, 0.717) is 10.8 Å². The average Bonchev–Trinajstić information content (AvgIpc) is 3.36. The molecular formula is C15H13N5O5S. The second-order valence-electron chi connectivity index (χ2n) is 4.92. The van der Waals surface area contributed by atoms with Crippen LogP contribution in [0, 0.1) is 0 Å². The van der Waals surface area contributed by atoms with E-state index in [2.05, 4.69) is 25.9 Å². The number of nitrogens with zero attached hydrogens (tertiary/aromatic N) is 2. The van der Waals surface area contributed by atoms with Crippen LogP contribution in [0.4, 0.5) is 11.1 Å². The summed E-state index contributed by atoms with van der Waals surface area (Å²) in [6, 6.07) is 2.90. The molecule has 3 N–H and O–H groups in total. The highest BCUT2D eigenvalue weighted by Gasteiger charge is 2.17. The number of hydrogen-bond donors (Lipinski definition) is 3. The van der Waals surface area contributed by atoms with E-state index in [1.807, 2.05) is 0 Å². The van der Waals surface area contributed by atoms with Crippen molar-refractivity contribution in [3.05, 3.63) is 47.2 Å². The van der Waals surface area contributed by atoms with Gasteiger partial charge in [0.05, 0.1) is 18.4 Å². The van der Waals surface area contributed by atoms with Crippen LogP contribution in [0.3, 0.4) is 0 Å². The highest BCUT2D eigenvalue weighted by atomic mass is 32.1. The smallest absolute Gasteiger partial charge is 0.302 e. The Morgan fingerprint density at radius 3 is 2.73 bits per heavy atom. The predicted octanol–water partition coefficient (Wildman–Crippen LogP) is 1.52. The first-order chi connectivity index (χ1) is 12.5. The first-order valence-corrected chi connectivity index (χ1v) is 8.20. The van der Waals surface area contributed by atoms with Crippen molar-refractivity contribution in [1.82, 2.24) is 15.3 Å². The SMILES string of the molecule is CNC(=O)Cc1csc(NC(=O)c2coc(NC(=O)c3ccco3)n2)n1. The Kier molecular flexibility index (Phi) is 5.08. The molecule has 3 rings (SSSR count). The molecule has 10 nitrogen and oxygen atoms in total. The minimum atomic E-state index is -0.562. The fourth-order valence-corrected chi connectivity index (χ4v) is 2.57. The number of likely N-dealkylation sites (N-methyl/N-ethyl adjacent to an activating group) is 1. The average molecular weight is 375 g/mol. The summed E-state index contributed by atoms with van der Waals surface area (Å²) in [6.45, 7) is 0. The van der Waals surface area contributed by atoms with Crippen molar-refractivity contribution in [1.29, 1.82) is 0 Å². The van der Waals surface area contributed by atoms with Crippen molar-refractivity contribution >= 4 is 40.2 Å². The Morgan fingerprint density at radius 1 is 1.15 bits per heavy atom. The quantitative estimate of drug-likeness (QED) is 0.593. The number of oxazole rings is 1. The molecule has 0 radical (unpaired) electrons. The third-order valence-corrected chi connectivity index (χ3v) is 3.90. The van der Waals surface area contributed by atoms with Crippen LogP contribution in [0.15, 0.2) is 38.9 Å². The van der Waals surface area contributed by atoms with Gasteiger partial charge >= 0.3 is 6.01 Å². The zero-order valence-electron chi connectivity index (χ0n) is 13.4. The van der Waals surface area contributed by atoms with Gasteiger partial charge in [-0.15, -0.1) is 11.3 Å². The van der Waals surface area contributed by atoms with Gasteiger partial charge in [-0.2, -0.15) is 4.98 Å². The van der Waals surface area contributed by atoms with Gasteiger partial charge in [0.2, 0.25) is 5.91 Å². The van der Waals surface area contributed by atoms with Crippen LogP contribution in [0.1, 0.15) is 26.7 Å². The lowest BCUT2D eigenvalue weighted by Gasteiger charge is -1.98. The normalized spacial score (nSPS) is 10.3. The van der Waals surface area contributed by atoms with Crippen LogP contribution in [-0.2, 0) is 11.2 Å². The van der Waals surface area contributed by atoms with E-state index in [0.717, 1.165) is 6.26 Å². The number of thiazole rings is 1. The van der Waals surface area contributed by atoms with E-state index < -0.39 is 11.8 Å². The standard InChI is InChI=1S/C15H13N5O5S/c1-16-11(21)5-8-7-26-15(17-8)20-12(22)9-6-25-14(18-9)19-13(23)10-3-2-4-24-10/h2-4,6-7H,5H2,1H3,(H,16,21)(H,17,20,22)(H,18,19,23). The molecule has 0 unspecified atom stereocenters. The summed E-state index contributed by atoms with van der Waals surface area (Å²) < 4.78 is 9.99.